The number of sulfone groups is 1. The second kappa shape index (κ2) is 5.82. The normalized spacial score (nSPS) is 11.9. The van der Waals surface area contributed by atoms with Gasteiger partial charge in [0.25, 0.3) is 0 Å². The Morgan fingerprint density at radius 3 is 2.36 bits per heavy atom. The fraction of sp³-hybridized carbons (Fsp3) is 0.105. The Hall–Kier alpha value is -2.44. The van der Waals surface area contributed by atoms with Crippen LogP contribution in [0.25, 0.3) is 32.9 Å². The lowest BCUT2D eigenvalue weighted by Gasteiger charge is -2.02. The molecule has 0 saturated heterocycles. The number of H-pyrrole nitrogens is 1. The lowest BCUT2D eigenvalue weighted by atomic mass is 10.1. The van der Waals surface area contributed by atoms with Gasteiger partial charge < -0.3 is 4.98 Å². The lowest BCUT2D eigenvalue weighted by Crippen LogP contribution is -1.96. The van der Waals surface area contributed by atoms with Crippen LogP contribution in [0.3, 0.4) is 0 Å². The smallest absolute Gasteiger partial charge is 0.175 e. The Kier molecular flexibility index (Phi) is 3.74. The lowest BCUT2D eigenvalue weighted by molar-refractivity contribution is 0.602. The maximum atomic E-state index is 11.7. The van der Waals surface area contributed by atoms with Crippen LogP contribution in [-0.2, 0) is 9.84 Å². The Labute approximate surface area is 150 Å². The number of thiophene rings is 1. The van der Waals surface area contributed by atoms with Gasteiger partial charge >= 0.3 is 0 Å². The van der Waals surface area contributed by atoms with Gasteiger partial charge in [-0.2, -0.15) is 0 Å². The maximum Gasteiger partial charge on any atom is 0.175 e. The topological polar surface area (TPSA) is 62.8 Å². The highest BCUT2D eigenvalue weighted by Crippen LogP contribution is 2.31. The van der Waals surface area contributed by atoms with E-state index in [0.29, 0.717) is 4.90 Å². The van der Waals surface area contributed by atoms with Gasteiger partial charge in [0, 0.05) is 16.7 Å². The summed E-state index contributed by atoms with van der Waals surface area (Å²) in [6.07, 6.45) is 1.21. The quantitative estimate of drug-likeness (QED) is 0.571. The summed E-state index contributed by atoms with van der Waals surface area (Å²) in [5, 5.41) is 2.09. The molecule has 0 aliphatic heterocycles. The molecule has 0 aliphatic carbocycles. The number of imidazole rings is 1. The van der Waals surface area contributed by atoms with Crippen molar-refractivity contribution in [2.45, 2.75) is 11.8 Å². The molecule has 0 atom stereocenters. The van der Waals surface area contributed by atoms with E-state index in [0.717, 1.165) is 22.4 Å². The first-order valence-corrected chi connectivity index (χ1v) is 10.5. The zero-order chi connectivity index (χ0) is 17.6. The van der Waals surface area contributed by atoms with Gasteiger partial charge in [-0.05, 0) is 47.7 Å². The largest absolute Gasteiger partial charge is 0.338 e. The minimum absolute atomic E-state index is 0.290. The third-order valence-corrected chi connectivity index (χ3v) is 6.34. The van der Waals surface area contributed by atoms with Crippen molar-refractivity contribution >= 4 is 32.2 Å². The minimum atomic E-state index is -3.23. The molecule has 4 nitrogen and oxygen atoms in total. The van der Waals surface area contributed by atoms with Crippen molar-refractivity contribution in [3.63, 3.8) is 0 Å². The number of fused-ring (bicyclic) bond motifs is 1. The molecule has 0 bridgehead atoms. The zero-order valence-corrected chi connectivity index (χ0v) is 15.4. The number of rotatable bonds is 3. The van der Waals surface area contributed by atoms with E-state index in [1.807, 2.05) is 12.1 Å². The van der Waals surface area contributed by atoms with Crippen LogP contribution in [0, 0.1) is 6.92 Å². The van der Waals surface area contributed by atoms with E-state index in [4.69, 9.17) is 0 Å². The Morgan fingerprint density at radius 1 is 1.00 bits per heavy atom. The predicted octanol–water partition coefficient (Wildman–Crippen LogP) is 4.67. The van der Waals surface area contributed by atoms with Crippen LogP contribution in [0.1, 0.15) is 5.56 Å². The van der Waals surface area contributed by atoms with Gasteiger partial charge in [0.2, 0.25) is 0 Å². The Balaban J connectivity index is 1.73. The molecule has 2 aromatic heterocycles. The predicted molar refractivity (Wildman–Crippen MR) is 103 cm³/mol. The van der Waals surface area contributed by atoms with Crippen molar-refractivity contribution < 1.29 is 8.42 Å². The molecule has 0 radical (unpaired) electrons. The second-order valence-corrected chi connectivity index (χ2v) is 8.98. The molecule has 4 rings (SSSR count). The number of aryl methyl sites for hydroxylation is 1. The second-order valence-electron chi connectivity index (χ2n) is 6.05. The van der Waals surface area contributed by atoms with Crippen LogP contribution in [0.2, 0.25) is 0 Å². The first-order valence-electron chi connectivity index (χ1n) is 7.76. The molecule has 2 aromatic carbocycles. The average molecular weight is 368 g/mol. The number of aromatic nitrogens is 2. The van der Waals surface area contributed by atoms with E-state index in [2.05, 4.69) is 40.5 Å². The van der Waals surface area contributed by atoms with Gasteiger partial charge in [-0.15, -0.1) is 11.3 Å². The van der Waals surface area contributed by atoms with E-state index in [9.17, 15) is 8.42 Å². The molecule has 0 unspecified atom stereocenters. The van der Waals surface area contributed by atoms with Crippen LogP contribution in [0.15, 0.2) is 58.8 Å². The number of nitrogens with one attached hydrogen (secondary N) is 1. The van der Waals surface area contributed by atoms with Crippen LogP contribution in [0.5, 0.6) is 0 Å². The van der Waals surface area contributed by atoms with Crippen molar-refractivity contribution in [1.29, 1.82) is 0 Å². The molecular weight excluding hydrogens is 352 g/mol. The summed E-state index contributed by atoms with van der Waals surface area (Å²) in [5.41, 5.74) is 4.90. The zero-order valence-electron chi connectivity index (χ0n) is 13.8. The Bertz CT molecular complexity index is 1170. The molecule has 25 heavy (non-hydrogen) atoms. The summed E-state index contributed by atoms with van der Waals surface area (Å²) in [5.74, 6) is 0.732. The number of hydrogen-bond acceptors (Lipinski definition) is 4. The number of hydrogen-bond donors (Lipinski definition) is 1. The van der Waals surface area contributed by atoms with Crippen LogP contribution in [0.4, 0.5) is 0 Å². The third kappa shape index (κ3) is 2.99. The van der Waals surface area contributed by atoms with E-state index in [-0.39, 0.29) is 0 Å². The minimum Gasteiger partial charge on any atom is -0.338 e. The van der Waals surface area contributed by atoms with Crippen molar-refractivity contribution in [3.05, 3.63) is 59.5 Å². The van der Waals surface area contributed by atoms with Crippen LogP contribution in [-0.4, -0.2) is 24.6 Å². The molecule has 0 amide bonds. The highest BCUT2D eigenvalue weighted by molar-refractivity contribution is 7.90. The molecule has 126 valence electrons. The first-order chi connectivity index (χ1) is 11.9. The number of aromatic amines is 1. The average Bonchev–Trinajstić information content (AvgIpc) is 3.19. The molecular formula is C19H16N2O2S2. The summed E-state index contributed by atoms with van der Waals surface area (Å²) in [4.78, 5) is 9.35. The van der Waals surface area contributed by atoms with Gasteiger partial charge in [-0.25, -0.2) is 13.4 Å². The van der Waals surface area contributed by atoms with E-state index in [1.165, 1.54) is 22.3 Å². The maximum absolute atomic E-state index is 11.7. The van der Waals surface area contributed by atoms with Gasteiger partial charge in [0.05, 0.1) is 15.9 Å². The van der Waals surface area contributed by atoms with Gasteiger partial charge in [0.15, 0.2) is 9.84 Å². The number of nitrogens with zero attached hydrogens (tertiary/aromatic N) is 1. The molecule has 0 saturated carbocycles. The molecule has 0 spiro atoms. The molecule has 1 N–H and O–H groups in total. The van der Waals surface area contributed by atoms with E-state index < -0.39 is 9.84 Å². The summed E-state index contributed by atoms with van der Waals surface area (Å²) in [6.45, 7) is 2.11. The van der Waals surface area contributed by atoms with Crippen LogP contribution < -0.4 is 0 Å². The van der Waals surface area contributed by atoms with Crippen molar-refractivity contribution in [1.82, 2.24) is 9.97 Å². The summed E-state index contributed by atoms with van der Waals surface area (Å²) >= 11 is 1.73. The van der Waals surface area contributed by atoms with Gasteiger partial charge in [-0.3, -0.25) is 0 Å². The molecule has 0 fully saturated rings. The highest BCUT2D eigenvalue weighted by Gasteiger charge is 2.11. The van der Waals surface area contributed by atoms with Crippen molar-refractivity contribution in [3.8, 4) is 21.8 Å². The fourth-order valence-corrected chi connectivity index (χ4v) is 4.39. The van der Waals surface area contributed by atoms with Crippen LogP contribution >= 0.6 is 11.3 Å². The van der Waals surface area contributed by atoms with E-state index >= 15 is 0 Å². The Morgan fingerprint density at radius 2 is 1.72 bits per heavy atom. The fourth-order valence-electron chi connectivity index (χ4n) is 2.80. The highest BCUT2D eigenvalue weighted by atomic mass is 32.2. The van der Waals surface area contributed by atoms with Crippen molar-refractivity contribution in [2.24, 2.45) is 0 Å². The van der Waals surface area contributed by atoms with Crippen molar-refractivity contribution in [2.75, 3.05) is 6.26 Å². The molecule has 2 heterocycles. The van der Waals surface area contributed by atoms with E-state index in [1.54, 1.807) is 29.5 Å². The van der Waals surface area contributed by atoms with Gasteiger partial charge in [-0.1, -0.05) is 24.3 Å². The monoisotopic (exact) mass is 368 g/mol. The summed E-state index contributed by atoms with van der Waals surface area (Å²) in [6, 6.07) is 15.3. The van der Waals surface area contributed by atoms with Gasteiger partial charge in [0.1, 0.15) is 5.82 Å². The molecule has 4 aromatic rings. The summed E-state index contributed by atoms with van der Waals surface area (Å²) < 4.78 is 23.4. The molecule has 0 aliphatic rings. The third-order valence-electron chi connectivity index (χ3n) is 4.16. The summed E-state index contributed by atoms with van der Waals surface area (Å²) in [7, 11) is -3.23. The first kappa shape index (κ1) is 16.1. The molecule has 6 heteroatoms. The number of benzene rings is 2. The SMILES string of the molecule is Cc1ccsc1-c1ccc(-c2nc3ccc(S(C)(=O)=O)cc3[nH]2)cc1. The standard InChI is InChI=1S/C19H16N2O2S2/c1-12-9-10-24-18(12)13-3-5-14(6-4-13)19-20-16-8-7-15(25(2,22)23)11-17(16)21-19/h3-11H,1-2H3,(H,20,21).